The molecule has 1 heterocycles. The van der Waals surface area contributed by atoms with Crippen LogP contribution in [0.2, 0.25) is 0 Å². The molecular formula is C25H24N2O3S2. The molecule has 3 aromatic carbocycles. The molecule has 0 aliphatic heterocycles. The van der Waals surface area contributed by atoms with Crippen LogP contribution < -0.4 is 4.90 Å². The van der Waals surface area contributed by atoms with Gasteiger partial charge in [0.1, 0.15) is 0 Å². The van der Waals surface area contributed by atoms with E-state index in [9.17, 15) is 13.2 Å². The minimum atomic E-state index is -3.55. The van der Waals surface area contributed by atoms with Gasteiger partial charge < -0.3 is 0 Å². The van der Waals surface area contributed by atoms with Crippen molar-refractivity contribution in [1.29, 1.82) is 0 Å². The summed E-state index contributed by atoms with van der Waals surface area (Å²) in [4.78, 5) is 19.9. The van der Waals surface area contributed by atoms with Gasteiger partial charge in [0, 0.05) is 6.42 Å². The van der Waals surface area contributed by atoms with Crippen LogP contribution in [0.4, 0.5) is 5.13 Å². The summed E-state index contributed by atoms with van der Waals surface area (Å²) < 4.78 is 26.4. The number of aryl methyl sites for hydroxylation is 2. The van der Waals surface area contributed by atoms with Crippen molar-refractivity contribution in [2.24, 2.45) is 0 Å². The van der Waals surface area contributed by atoms with Crippen molar-refractivity contribution < 1.29 is 13.2 Å². The van der Waals surface area contributed by atoms with Crippen LogP contribution in [0.1, 0.15) is 23.1 Å². The highest BCUT2D eigenvalue weighted by atomic mass is 32.2. The zero-order chi connectivity index (χ0) is 22.7. The Hall–Kier alpha value is -3.03. The number of amides is 1. The second-order valence-corrected chi connectivity index (χ2v) is 10.8. The molecule has 0 aliphatic rings. The summed E-state index contributed by atoms with van der Waals surface area (Å²) in [7, 11) is -3.55. The average molecular weight is 465 g/mol. The van der Waals surface area contributed by atoms with Gasteiger partial charge in [0.2, 0.25) is 5.91 Å². The molecule has 0 saturated carbocycles. The van der Waals surface area contributed by atoms with Crippen molar-refractivity contribution in [2.75, 3.05) is 10.7 Å². The number of fused-ring (bicyclic) bond motifs is 1. The summed E-state index contributed by atoms with van der Waals surface area (Å²) in [5, 5.41) is 0.586. The Kier molecular flexibility index (Phi) is 6.39. The van der Waals surface area contributed by atoms with E-state index in [1.807, 2.05) is 50.2 Å². The smallest absolute Gasteiger partial charge is 0.230 e. The predicted octanol–water partition coefficient (Wildman–Crippen LogP) is 5.31. The molecule has 0 spiro atoms. The molecule has 0 aliphatic carbocycles. The Morgan fingerprint density at radius 3 is 2.19 bits per heavy atom. The fraction of sp³-hybridized carbons (Fsp3) is 0.200. The van der Waals surface area contributed by atoms with E-state index >= 15 is 0 Å². The molecule has 164 valence electrons. The third-order valence-electron chi connectivity index (χ3n) is 5.33. The molecule has 4 rings (SSSR count). The number of nitrogens with zero attached hydrogens (tertiary/aromatic N) is 2. The number of carbonyl (C=O) groups excluding carboxylic acids is 1. The third kappa shape index (κ3) is 4.74. The first-order chi connectivity index (χ1) is 15.3. The lowest BCUT2D eigenvalue weighted by molar-refractivity contribution is -0.118. The molecule has 1 amide bonds. The lowest BCUT2D eigenvalue weighted by Gasteiger charge is -2.20. The van der Waals surface area contributed by atoms with Crippen LogP contribution in [0.15, 0.2) is 77.7 Å². The van der Waals surface area contributed by atoms with Crippen molar-refractivity contribution in [3.63, 3.8) is 0 Å². The SMILES string of the molecule is Cc1ccc(C)c2sc(N(Cc3ccccc3)C(=O)CCS(=O)(=O)c3ccccc3)nc12. The maximum absolute atomic E-state index is 13.3. The molecule has 5 nitrogen and oxygen atoms in total. The molecule has 0 radical (unpaired) electrons. The molecule has 0 N–H and O–H groups in total. The van der Waals surface area contributed by atoms with Crippen molar-refractivity contribution in [2.45, 2.75) is 31.7 Å². The zero-order valence-electron chi connectivity index (χ0n) is 18.0. The second-order valence-electron chi connectivity index (χ2n) is 7.72. The first-order valence-corrected chi connectivity index (χ1v) is 12.8. The number of hydrogen-bond acceptors (Lipinski definition) is 5. The number of aromatic nitrogens is 1. The molecule has 0 bridgehead atoms. The number of benzene rings is 3. The van der Waals surface area contributed by atoms with E-state index < -0.39 is 9.84 Å². The van der Waals surface area contributed by atoms with Crippen molar-refractivity contribution in [1.82, 2.24) is 4.98 Å². The first-order valence-electron chi connectivity index (χ1n) is 10.3. The molecule has 0 saturated heterocycles. The van der Waals surface area contributed by atoms with Gasteiger partial charge in [0.15, 0.2) is 15.0 Å². The van der Waals surface area contributed by atoms with E-state index in [0.717, 1.165) is 26.9 Å². The average Bonchev–Trinajstić information content (AvgIpc) is 3.26. The Morgan fingerprint density at radius 1 is 0.906 bits per heavy atom. The highest BCUT2D eigenvalue weighted by Gasteiger charge is 2.24. The molecule has 32 heavy (non-hydrogen) atoms. The summed E-state index contributed by atoms with van der Waals surface area (Å²) in [6.45, 7) is 4.36. The van der Waals surface area contributed by atoms with E-state index in [1.54, 1.807) is 35.2 Å². The molecule has 0 unspecified atom stereocenters. The Balaban J connectivity index is 1.65. The maximum atomic E-state index is 13.3. The first kappa shape index (κ1) is 22.2. The number of thiazole rings is 1. The van der Waals surface area contributed by atoms with Gasteiger partial charge in [-0.2, -0.15) is 0 Å². The Bertz CT molecular complexity index is 1310. The Labute approximate surface area is 192 Å². The number of sulfone groups is 1. The largest absolute Gasteiger partial charge is 0.284 e. The lowest BCUT2D eigenvalue weighted by atomic mass is 10.1. The van der Waals surface area contributed by atoms with Crippen LogP contribution in [0.5, 0.6) is 0 Å². The zero-order valence-corrected chi connectivity index (χ0v) is 19.6. The molecular weight excluding hydrogens is 440 g/mol. The minimum Gasteiger partial charge on any atom is -0.284 e. The van der Waals surface area contributed by atoms with E-state index in [-0.39, 0.29) is 23.0 Å². The van der Waals surface area contributed by atoms with E-state index in [0.29, 0.717) is 11.7 Å². The van der Waals surface area contributed by atoms with Gasteiger partial charge in [-0.1, -0.05) is 72.0 Å². The van der Waals surface area contributed by atoms with Crippen LogP contribution >= 0.6 is 11.3 Å². The normalized spacial score (nSPS) is 11.6. The Morgan fingerprint density at radius 2 is 1.53 bits per heavy atom. The van der Waals surface area contributed by atoms with Crippen LogP contribution in [-0.2, 0) is 21.2 Å². The number of hydrogen-bond donors (Lipinski definition) is 0. The van der Waals surface area contributed by atoms with Gasteiger partial charge in [-0.15, -0.1) is 0 Å². The topological polar surface area (TPSA) is 67.3 Å². The molecule has 0 atom stereocenters. The summed E-state index contributed by atoms with van der Waals surface area (Å²) in [5.41, 5.74) is 3.99. The third-order valence-corrected chi connectivity index (χ3v) is 8.28. The summed E-state index contributed by atoms with van der Waals surface area (Å²) in [6.07, 6.45) is -0.113. The van der Waals surface area contributed by atoms with Gasteiger partial charge in [-0.3, -0.25) is 9.69 Å². The molecule has 7 heteroatoms. The van der Waals surface area contributed by atoms with Crippen LogP contribution in [0, 0.1) is 13.8 Å². The number of anilines is 1. The van der Waals surface area contributed by atoms with Crippen LogP contribution in [0.3, 0.4) is 0 Å². The standard InChI is InChI=1S/C25H24N2O3S2/c1-18-13-14-19(2)24-23(18)26-25(31-24)27(17-20-9-5-3-6-10-20)22(28)15-16-32(29,30)21-11-7-4-8-12-21/h3-14H,15-17H2,1-2H3. The number of carbonyl (C=O) groups is 1. The van der Waals surface area contributed by atoms with Crippen LogP contribution in [-0.4, -0.2) is 25.1 Å². The van der Waals surface area contributed by atoms with E-state index in [2.05, 4.69) is 6.07 Å². The summed E-state index contributed by atoms with van der Waals surface area (Å²) in [5.74, 6) is -0.507. The van der Waals surface area contributed by atoms with Crippen LogP contribution in [0.25, 0.3) is 10.2 Å². The fourth-order valence-electron chi connectivity index (χ4n) is 3.49. The lowest BCUT2D eigenvalue weighted by Crippen LogP contribution is -2.31. The number of rotatable bonds is 7. The predicted molar refractivity (Wildman–Crippen MR) is 130 cm³/mol. The second kappa shape index (κ2) is 9.22. The molecule has 1 aromatic heterocycles. The summed E-state index contributed by atoms with van der Waals surface area (Å²) >= 11 is 1.47. The highest BCUT2D eigenvalue weighted by molar-refractivity contribution is 7.91. The van der Waals surface area contributed by atoms with Crippen molar-refractivity contribution in [3.05, 3.63) is 89.5 Å². The van der Waals surface area contributed by atoms with Gasteiger partial charge in [-0.05, 0) is 42.7 Å². The molecule has 4 aromatic rings. The molecule has 0 fully saturated rings. The quantitative estimate of drug-likeness (QED) is 0.372. The highest BCUT2D eigenvalue weighted by Crippen LogP contribution is 2.34. The monoisotopic (exact) mass is 464 g/mol. The van der Waals surface area contributed by atoms with Crippen molar-refractivity contribution in [3.8, 4) is 0 Å². The van der Waals surface area contributed by atoms with Gasteiger partial charge in [-0.25, -0.2) is 13.4 Å². The van der Waals surface area contributed by atoms with Gasteiger partial charge in [0.05, 0.1) is 27.4 Å². The van der Waals surface area contributed by atoms with E-state index in [4.69, 9.17) is 4.98 Å². The van der Waals surface area contributed by atoms with Gasteiger partial charge in [0.25, 0.3) is 0 Å². The van der Waals surface area contributed by atoms with Crippen molar-refractivity contribution >= 4 is 42.4 Å². The van der Waals surface area contributed by atoms with E-state index in [1.165, 1.54) is 11.3 Å². The maximum Gasteiger partial charge on any atom is 0.230 e. The fourth-order valence-corrected chi connectivity index (χ4v) is 5.87. The van der Waals surface area contributed by atoms with Gasteiger partial charge >= 0.3 is 0 Å². The minimum absolute atomic E-state index is 0.113. The summed E-state index contributed by atoms with van der Waals surface area (Å²) in [6, 6.07) is 22.0.